The van der Waals surface area contributed by atoms with E-state index in [1.165, 1.54) is 0 Å². The number of pyridine rings is 1. The van der Waals surface area contributed by atoms with E-state index in [9.17, 15) is 4.79 Å². The molecule has 0 aliphatic rings. The van der Waals surface area contributed by atoms with Gasteiger partial charge in [-0.3, -0.25) is 4.79 Å². The van der Waals surface area contributed by atoms with Gasteiger partial charge in [-0.15, -0.1) is 0 Å². The lowest BCUT2D eigenvalue weighted by Gasteiger charge is -2.21. The minimum absolute atomic E-state index is 0.0305. The van der Waals surface area contributed by atoms with Crippen LogP contribution in [-0.2, 0) is 6.54 Å². The van der Waals surface area contributed by atoms with Gasteiger partial charge in [0.25, 0.3) is 5.91 Å². The predicted molar refractivity (Wildman–Crippen MR) is 107 cm³/mol. The molecule has 4 heteroatoms. The number of nitrogens with zero attached hydrogens (tertiary/aromatic N) is 3. The summed E-state index contributed by atoms with van der Waals surface area (Å²) in [6.45, 7) is 3.17. The lowest BCUT2D eigenvalue weighted by molar-refractivity contribution is 0.0750. The van der Waals surface area contributed by atoms with Gasteiger partial charge in [0.15, 0.2) is 0 Å². The molecule has 1 amide bonds. The molecule has 4 nitrogen and oxygen atoms in total. The van der Waals surface area contributed by atoms with Crippen molar-refractivity contribution >= 4 is 11.6 Å². The average molecular weight is 355 g/mol. The number of hydrogen-bond donors (Lipinski definition) is 0. The topological polar surface area (TPSA) is 37.6 Å². The monoisotopic (exact) mass is 355 g/mol. The van der Waals surface area contributed by atoms with Gasteiger partial charge in [0.1, 0.15) is 5.65 Å². The third-order valence-electron chi connectivity index (χ3n) is 4.75. The summed E-state index contributed by atoms with van der Waals surface area (Å²) in [4.78, 5) is 19.2. The minimum atomic E-state index is 0.0305. The molecule has 0 saturated heterocycles. The van der Waals surface area contributed by atoms with Gasteiger partial charge >= 0.3 is 0 Å². The molecule has 0 unspecified atom stereocenters. The van der Waals surface area contributed by atoms with Crippen molar-refractivity contribution in [3.8, 4) is 11.1 Å². The third-order valence-corrected chi connectivity index (χ3v) is 4.75. The van der Waals surface area contributed by atoms with E-state index in [4.69, 9.17) is 0 Å². The van der Waals surface area contributed by atoms with E-state index in [0.717, 1.165) is 22.5 Å². The summed E-state index contributed by atoms with van der Waals surface area (Å²) in [5.74, 6) is 0.0305. The maximum Gasteiger partial charge on any atom is 0.254 e. The number of amides is 1. The number of aromatic nitrogens is 2. The van der Waals surface area contributed by atoms with Crippen molar-refractivity contribution in [2.75, 3.05) is 6.54 Å². The lowest BCUT2D eigenvalue weighted by Crippen LogP contribution is -2.30. The molecule has 0 saturated carbocycles. The van der Waals surface area contributed by atoms with Crippen LogP contribution < -0.4 is 0 Å². The first-order chi connectivity index (χ1) is 13.3. The number of carbonyl (C=O) groups is 1. The first-order valence-electron chi connectivity index (χ1n) is 9.12. The van der Waals surface area contributed by atoms with Crippen molar-refractivity contribution in [2.45, 2.75) is 13.5 Å². The molecule has 0 radical (unpaired) electrons. The van der Waals surface area contributed by atoms with E-state index in [1.54, 1.807) is 0 Å². The van der Waals surface area contributed by atoms with Crippen LogP contribution in [0.5, 0.6) is 0 Å². The van der Waals surface area contributed by atoms with Crippen LogP contribution in [0, 0.1) is 0 Å². The zero-order chi connectivity index (χ0) is 18.6. The first kappa shape index (κ1) is 17.0. The summed E-state index contributed by atoms with van der Waals surface area (Å²) in [7, 11) is 0. The van der Waals surface area contributed by atoms with Gasteiger partial charge in [-0.1, -0.05) is 48.5 Å². The highest BCUT2D eigenvalue weighted by atomic mass is 16.2. The van der Waals surface area contributed by atoms with E-state index < -0.39 is 0 Å². The zero-order valence-corrected chi connectivity index (χ0v) is 15.2. The van der Waals surface area contributed by atoms with Crippen LogP contribution in [-0.4, -0.2) is 26.7 Å². The molecule has 2 aromatic heterocycles. The summed E-state index contributed by atoms with van der Waals surface area (Å²) < 4.78 is 2.02. The van der Waals surface area contributed by atoms with E-state index in [1.807, 2.05) is 89.3 Å². The molecule has 0 aliphatic carbocycles. The Morgan fingerprint density at radius 3 is 2.37 bits per heavy atom. The summed E-state index contributed by atoms with van der Waals surface area (Å²) in [5, 5.41) is 0. The average Bonchev–Trinajstić information content (AvgIpc) is 3.15. The highest BCUT2D eigenvalue weighted by molar-refractivity contribution is 5.94. The maximum absolute atomic E-state index is 13.0. The van der Waals surface area contributed by atoms with Gasteiger partial charge in [0, 0.05) is 18.3 Å². The van der Waals surface area contributed by atoms with Crippen LogP contribution in [0.3, 0.4) is 0 Å². The van der Waals surface area contributed by atoms with Crippen molar-refractivity contribution in [1.82, 2.24) is 14.3 Å². The first-order valence-corrected chi connectivity index (χ1v) is 9.12. The van der Waals surface area contributed by atoms with E-state index in [0.29, 0.717) is 18.7 Å². The predicted octanol–water partition coefficient (Wildman–Crippen LogP) is 4.66. The molecule has 134 valence electrons. The smallest absolute Gasteiger partial charge is 0.254 e. The summed E-state index contributed by atoms with van der Waals surface area (Å²) in [6.07, 6.45) is 3.81. The Morgan fingerprint density at radius 2 is 1.63 bits per heavy atom. The summed E-state index contributed by atoms with van der Waals surface area (Å²) >= 11 is 0. The van der Waals surface area contributed by atoms with Gasteiger partial charge in [-0.25, -0.2) is 4.98 Å². The Bertz CT molecular complexity index is 1050. The maximum atomic E-state index is 13.0. The summed E-state index contributed by atoms with van der Waals surface area (Å²) in [5.41, 5.74) is 4.85. The SMILES string of the molecule is CCN(Cc1cnc2ccccn12)C(=O)c1ccc(-c2ccccc2)cc1. The van der Waals surface area contributed by atoms with Crippen LogP contribution in [0.2, 0.25) is 0 Å². The Balaban J connectivity index is 1.55. The molecule has 0 aliphatic heterocycles. The molecule has 0 N–H and O–H groups in total. The van der Waals surface area contributed by atoms with Crippen LogP contribution in [0.1, 0.15) is 23.0 Å². The van der Waals surface area contributed by atoms with Gasteiger partial charge < -0.3 is 9.30 Å². The fraction of sp³-hybridized carbons (Fsp3) is 0.130. The number of fused-ring (bicyclic) bond motifs is 1. The summed E-state index contributed by atoms with van der Waals surface area (Å²) in [6, 6.07) is 23.9. The van der Waals surface area contributed by atoms with Crippen LogP contribution in [0.15, 0.2) is 85.2 Å². The van der Waals surface area contributed by atoms with E-state index in [-0.39, 0.29) is 5.91 Å². The largest absolute Gasteiger partial charge is 0.333 e. The molecule has 2 aromatic carbocycles. The second-order valence-electron chi connectivity index (χ2n) is 6.44. The molecule has 0 atom stereocenters. The fourth-order valence-corrected chi connectivity index (χ4v) is 3.24. The second kappa shape index (κ2) is 7.46. The van der Waals surface area contributed by atoms with Gasteiger partial charge in [-0.2, -0.15) is 0 Å². The molecule has 2 heterocycles. The molecule has 4 rings (SSSR count). The Labute approximate surface area is 158 Å². The van der Waals surface area contributed by atoms with E-state index in [2.05, 4.69) is 17.1 Å². The van der Waals surface area contributed by atoms with E-state index >= 15 is 0 Å². The van der Waals surface area contributed by atoms with Crippen molar-refractivity contribution in [1.29, 1.82) is 0 Å². The number of rotatable bonds is 5. The third kappa shape index (κ3) is 3.47. The number of imidazole rings is 1. The van der Waals surface area contributed by atoms with Crippen LogP contribution in [0.4, 0.5) is 0 Å². The number of benzene rings is 2. The molecule has 0 spiro atoms. The van der Waals surface area contributed by atoms with Crippen LogP contribution >= 0.6 is 0 Å². The Morgan fingerprint density at radius 1 is 0.926 bits per heavy atom. The molecule has 0 bridgehead atoms. The molecule has 0 fully saturated rings. The van der Waals surface area contributed by atoms with Crippen molar-refractivity contribution in [2.24, 2.45) is 0 Å². The molecular weight excluding hydrogens is 334 g/mol. The number of carbonyl (C=O) groups excluding carboxylic acids is 1. The van der Waals surface area contributed by atoms with Crippen molar-refractivity contribution in [3.63, 3.8) is 0 Å². The zero-order valence-electron chi connectivity index (χ0n) is 15.2. The molecule has 27 heavy (non-hydrogen) atoms. The van der Waals surface area contributed by atoms with Gasteiger partial charge in [0.05, 0.1) is 18.4 Å². The standard InChI is InChI=1S/C23H21N3O/c1-2-25(17-21-16-24-22-10-6-7-15-26(21)22)23(27)20-13-11-19(12-14-20)18-8-4-3-5-9-18/h3-16H,2,17H2,1H3. The molecular formula is C23H21N3O. The highest BCUT2D eigenvalue weighted by Gasteiger charge is 2.16. The normalized spacial score (nSPS) is 10.9. The quantitative estimate of drug-likeness (QED) is 0.522. The number of hydrogen-bond acceptors (Lipinski definition) is 2. The minimum Gasteiger partial charge on any atom is -0.333 e. The lowest BCUT2D eigenvalue weighted by atomic mass is 10.0. The van der Waals surface area contributed by atoms with Gasteiger partial charge in [-0.05, 0) is 42.3 Å². The van der Waals surface area contributed by atoms with Crippen molar-refractivity contribution in [3.05, 3.63) is 96.4 Å². The van der Waals surface area contributed by atoms with Crippen LogP contribution in [0.25, 0.3) is 16.8 Å². The Kier molecular flexibility index (Phi) is 4.71. The fourth-order valence-electron chi connectivity index (χ4n) is 3.24. The highest BCUT2D eigenvalue weighted by Crippen LogP contribution is 2.20. The second-order valence-corrected chi connectivity index (χ2v) is 6.44. The van der Waals surface area contributed by atoms with Gasteiger partial charge in [0.2, 0.25) is 0 Å². The van der Waals surface area contributed by atoms with Crippen molar-refractivity contribution < 1.29 is 4.79 Å². The Hall–Kier alpha value is -3.40. The molecule has 4 aromatic rings.